The topological polar surface area (TPSA) is 90.0 Å². The van der Waals surface area contributed by atoms with E-state index in [1.165, 1.54) is 11.8 Å². The number of nitrogens with one attached hydrogen (secondary N) is 1. The van der Waals surface area contributed by atoms with Crippen LogP contribution in [-0.2, 0) is 9.59 Å². The predicted molar refractivity (Wildman–Crippen MR) is 68.6 cm³/mol. The summed E-state index contributed by atoms with van der Waals surface area (Å²) in [5, 5.41) is 11.2. The van der Waals surface area contributed by atoms with Crippen LogP contribution in [0.5, 0.6) is 0 Å². The van der Waals surface area contributed by atoms with Crippen molar-refractivity contribution in [3.63, 3.8) is 0 Å². The number of hydrogen-bond acceptors (Lipinski definition) is 3. The Morgan fingerprint density at radius 3 is 2.21 bits per heavy atom. The molecular weight excluding hydrogens is 250 g/mol. The fourth-order valence-electron chi connectivity index (χ4n) is 2.01. The van der Waals surface area contributed by atoms with E-state index in [1.807, 2.05) is 0 Å². The van der Waals surface area contributed by atoms with Gasteiger partial charge in [-0.15, -0.1) is 0 Å². The van der Waals surface area contributed by atoms with Gasteiger partial charge >= 0.3 is 12.0 Å². The molecule has 0 radical (unpaired) electrons. The molecule has 0 unspecified atom stereocenters. The highest BCUT2D eigenvalue weighted by atomic mass is 16.4. The smallest absolute Gasteiger partial charge is 0.325 e. The lowest BCUT2D eigenvalue weighted by atomic mass is 9.96. The molecule has 0 aromatic heterocycles. The van der Waals surface area contributed by atoms with Crippen LogP contribution in [0, 0.1) is 5.92 Å². The lowest BCUT2D eigenvalue weighted by molar-refractivity contribution is -0.142. The molecule has 1 atom stereocenters. The molecule has 7 heteroatoms. The van der Waals surface area contributed by atoms with Gasteiger partial charge in [-0.25, -0.2) is 4.79 Å². The molecule has 7 nitrogen and oxygen atoms in total. The van der Waals surface area contributed by atoms with Crippen LogP contribution in [0.25, 0.3) is 0 Å². The van der Waals surface area contributed by atoms with Gasteiger partial charge in [0.2, 0.25) is 5.91 Å². The van der Waals surface area contributed by atoms with E-state index in [0.29, 0.717) is 25.9 Å². The van der Waals surface area contributed by atoms with Crippen molar-refractivity contribution in [2.75, 3.05) is 27.2 Å². The van der Waals surface area contributed by atoms with Crippen LogP contribution in [0.3, 0.4) is 0 Å². The molecule has 0 spiro atoms. The fourth-order valence-corrected chi connectivity index (χ4v) is 2.01. The van der Waals surface area contributed by atoms with E-state index in [1.54, 1.807) is 19.0 Å². The minimum atomic E-state index is -1.05. The molecule has 1 aliphatic rings. The third-order valence-corrected chi connectivity index (χ3v) is 3.25. The normalized spacial score (nSPS) is 17.7. The Balaban J connectivity index is 2.43. The molecular formula is C12H21N3O4. The largest absolute Gasteiger partial charge is 0.480 e. The van der Waals surface area contributed by atoms with Crippen LogP contribution in [0.15, 0.2) is 0 Å². The SMILES string of the molecule is C[C@H](NC(=O)C1CCN(C(=O)N(C)C)CC1)C(=O)O. The van der Waals surface area contributed by atoms with Crippen LogP contribution < -0.4 is 5.32 Å². The van der Waals surface area contributed by atoms with Crippen molar-refractivity contribution >= 4 is 17.9 Å². The summed E-state index contributed by atoms with van der Waals surface area (Å²) in [6.45, 7) is 2.48. The van der Waals surface area contributed by atoms with E-state index in [4.69, 9.17) is 5.11 Å². The second kappa shape index (κ2) is 6.40. The maximum absolute atomic E-state index is 11.8. The summed E-state index contributed by atoms with van der Waals surface area (Å²) in [5.41, 5.74) is 0. The molecule has 3 amide bonds. The zero-order valence-electron chi connectivity index (χ0n) is 11.5. The molecule has 1 heterocycles. The number of carbonyl (C=O) groups excluding carboxylic acids is 2. The van der Waals surface area contributed by atoms with Crippen molar-refractivity contribution in [3.8, 4) is 0 Å². The first kappa shape index (κ1) is 15.3. The lowest BCUT2D eigenvalue weighted by Gasteiger charge is -2.33. The van der Waals surface area contributed by atoms with Crippen molar-refractivity contribution in [2.45, 2.75) is 25.8 Å². The summed E-state index contributed by atoms with van der Waals surface area (Å²) < 4.78 is 0. The Hall–Kier alpha value is -1.79. The molecule has 0 aromatic rings. The van der Waals surface area contributed by atoms with Crippen LogP contribution in [-0.4, -0.2) is 66.0 Å². The van der Waals surface area contributed by atoms with Gasteiger partial charge < -0.3 is 20.2 Å². The average molecular weight is 271 g/mol. The Kier molecular flexibility index (Phi) is 5.14. The van der Waals surface area contributed by atoms with Crippen molar-refractivity contribution < 1.29 is 19.5 Å². The first-order chi connectivity index (χ1) is 8.82. The number of rotatable bonds is 3. The van der Waals surface area contributed by atoms with Gasteiger partial charge in [0.15, 0.2) is 0 Å². The Morgan fingerprint density at radius 1 is 1.26 bits per heavy atom. The minimum Gasteiger partial charge on any atom is -0.480 e. The summed E-state index contributed by atoms with van der Waals surface area (Å²) in [4.78, 5) is 37.4. The lowest BCUT2D eigenvalue weighted by Crippen LogP contribution is -2.48. The number of piperidine rings is 1. The van der Waals surface area contributed by atoms with Gasteiger partial charge in [0.25, 0.3) is 0 Å². The maximum Gasteiger partial charge on any atom is 0.325 e. The third-order valence-electron chi connectivity index (χ3n) is 3.25. The minimum absolute atomic E-state index is 0.0576. The molecule has 0 aromatic carbocycles. The quantitative estimate of drug-likeness (QED) is 0.754. The average Bonchev–Trinajstić information content (AvgIpc) is 2.37. The molecule has 19 heavy (non-hydrogen) atoms. The molecule has 0 bridgehead atoms. The summed E-state index contributed by atoms with van der Waals surface area (Å²) >= 11 is 0. The van der Waals surface area contributed by atoms with E-state index in [0.717, 1.165) is 0 Å². The number of hydrogen-bond donors (Lipinski definition) is 2. The third kappa shape index (κ3) is 4.11. The zero-order chi connectivity index (χ0) is 14.6. The second-order valence-electron chi connectivity index (χ2n) is 5.01. The molecule has 108 valence electrons. The van der Waals surface area contributed by atoms with Gasteiger partial charge in [-0.05, 0) is 19.8 Å². The van der Waals surface area contributed by atoms with Crippen LogP contribution in [0.4, 0.5) is 4.79 Å². The monoisotopic (exact) mass is 271 g/mol. The highest BCUT2D eigenvalue weighted by molar-refractivity contribution is 5.85. The summed E-state index contributed by atoms with van der Waals surface area (Å²) in [7, 11) is 3.38. The van der Waals surface area contributed by atoms with Crippen molar-refractivity contribution in [1.82, 2.24) is 15.1 Å². The molecule has 1 rings (SSSR count). The van der Waals surface area contributed by atoms with Crippen LogP contribution in [0.1, 0.15) is 19.8 Å². The fraction of sp³-hybridized carbons (Fsp3) is 0.750. The first-order valence-electron chi connectivity index (χ1n) is 6.32. The molecule has 1 fully saturated rings. The van der Waals surface area contributed by atoms with Crippen LogP contribution in [0.2, 0.25) is 0 Å². The van der Waals surface area contributed by atoms with Gasteiger partial charge in [0.05, 0.1) is 0 Å². The summed E-state index contributed by atoms with van der Waals surface area (Å²) in [5.74, 6) is -1.51. The molecule has 0 saturated carbocycles. The number of carboxylic acid groups (broad SMARTS) is 1. The maximum atomic E-state index is 11.8. The van der Waals surface area contributed by atoms with E-state index < -0.39 is 12.0 Å². The second-order valence-corrected chi connectivity index (χ2v) is 5.01. The van der Waals surface area contributed by atoms with Gasteiger partial charge in [-0.2, -0.15) is 0 Å². The van der Waals surface area contributed by atoms with Gasteiger partial charge in [-0.1, -0.05) is 0 Å². The number of carboxylic acids is 1. The molecule has 1 saturated heterocycles. The molecule has 2 N–H and O–H groups in total. The van der Waals surface area contributed by atoms with Gasteiger partial charge in [0, 0.05) is 33.1 Å². The summed E-state index contributed by atoms with van der Waals surface area (Å²) in [6.07, 6.45) is 1.13. The van der Waals surface area contributed by atoms with E-state index in [9.17, 15) is 14.4 Å². The van der Waals surface area contributed by atoms with Gasteiger partial charge in [-0.3, -0.25) is 9.59 Å². The standard InChI is InChI=1S/C12H21N3O4/c1-8(11(17)18)13-10(16)9-4-6-15(7-5-9)12(19)14(2)3/h8-9H,4-7H2,1-3H3,(H,13,16)(H,17,18)/t8-/m0/s1. The number of carbonyl (C=O) groups is 3. The number of amides is 3. The molecule has 0 aliphatic carbocycles. The van der Waals surface area contributed by atoms with Crippen molar-refractivity contribution in [1.29, 1.82) is 0 Å². The highest BCUT2D eigenvalue weighted by Gasteiger charge is 2.29. The van der Waals surface area contributed by atoms with Gasteiger partial charge in [0.1, 0.15) is 6.04 Å². The Bertz CT molecular complexity index is 362. The number of likely N-dealkylation sites (tertiary alicyclic amines) is 1. The number of aliphatic carboxylic acids is 1. The highest BCUT2D eigenvalue weighted by Crippen LogP contribution is 2.18. The van der Waals surface area contributed by atoms with E-state index >= 15 is 0 Å². The van der Waals surface area contributed by atoms with E-state index in [-0.39, 0.29) is 17.9 Å². The Morgan fingerprint density at radius 2 is 1.79 bits per heavy atom. The van der Waals surface area contributed by atoms with Crippen molar-refractivity contribution in [3.05, 3.63) is 0 Å². The van der Waals surface area contributed by atoms with E-state index in [2.05, 4.69) is 5.32 Å². The summed E-state index contributed by atoms with van der Waals surface area (Å²) in [6, 6.07) is -0.938. The number of urea groups is 1. The zero-order valence-corrected chi connectivity index (χ0v) is 11.5. The predicted octanol–water partition coefficient (Wildman–Crippen LogP) is -0.0307. The first-order valence-corrected chi connectivity index (χ1v) is 6.32. The number of nitrogens with zero attached hydrogens (tertiary/aromatic N) is 2. The molecule has 1 aliphatic heterocycles. The van der Waals surface area contributed by atoms with Crippen molar-refractivity contribution in [2.24, 2.45) is 5.92 Å². The Labute approximate surface area is 112 Å². The van der Waals surface area contributed by atoms with Crippen LogP contribution >= 0.6 is 0 Å².